The molecule has 1 aromatic carbocycles. The van der Waals surface area contributed by atoms with Crippen molar-refractivity contribution in [3.63, 3.8) is 0 Å². The van der Waals surface area contributed by atoms with Gasteiger partial charge in [0, 0.05) is 13.1 Å². The molecule has 17 heavy (non-hydrogen) atoms. The number of ether oxygens (including phenoxy) is 1. The molecule has 3 nitrogen and oxygen atoms in total. The third kappa shape index (κ3) is 2.37. The topological polar surface area (TPSA) is 32.7 Å². The van der Waals surface area contributed by atoms with Gasteiger partial charge in [0.1, 0.15) is 0 Å². The van der Waals surface area contributed by atoms with Crippen molar-refractivity contribution >= 4 is 0 Å². The van der Waals surface area contributed by atoms with Crippen LogP contribution in [0.2, 0.25) is 0 Å². The van der Waals surface area contributed by atoms with E-state index in [4.69, 9.17) is 4.74 Å². The Morgan fingerprint density at radius 3 is 2.53 bits per heavy atom. The molecule has 0 spiro atoms. The van der Waals surface area contributed by atoms with E-state index in [2.05, 4.69) is 30.9 Å². The first-order valence-corrected chi connectivity index (χ1v) is 6.18. The number of aliphatic hydroxyl groups is 1. The molecule has 0 amide bonds. The number of hydrogen-bond donors (Lipinski definition) is 1. The van der Waals surface area contributed by atoms with Gasteiger partial charge < -0.3 is 9.84 Å². The Morgan fingerprint density at radius 2 is 1.94 bits per heavy atom. The van der Waals surface area contributed by atoms with Crippen molar-refractivity contribution in [2.45, 2.75) is 19.4 Å². The van der Waals surface area contributed by atoms with Gasteiger partial charge in [0.05, 0.1) is 25.4 Å². The highest BCUT2D eigenvalue weighted by Gasteiger charge is 2.34. The van der Waals surface area contributed by atoms with E-state index in [-0.39, 0.29) is 12.1 Å². The van der Waals surface area contributed by atoms with Gasteiger partial charge in [-0.2, -0.15) is 0 Å². The summed E-state index contributed by atoms with van der Waals surface area (Å²) in [6, 6.07) is 8.29. The predicted molar refractivity (Wildman–Crippen MR) is 68.0 cm³/mol. The van der Waals surface area contributed by atoms with Crippen LogP contribution in [0.5, 0.6) is 0 Å². The lowest BCUT2D eigenvalue weighted by molar-refractivity contribution is -0.0394. The van der Waals surface area contributed by atoms with Crippen molar-refractivity contribution in [1.82, 2.24) is 4.90 Å². The molecule has 0 aromatic heterocycles. The Kier molecular flexibility index (Phi) is 3.82. The van der Waals surface area contributed by atoms with Crippen LogP contribution in [0.1, 0.15) is 18.1 Å². The SMILES string of the molecule is Cc1ccccc1C(C)(CO)N1CCOCC1. The maximum Gasteiger partial charge on any atom is 0.0669 e. The molecule has 1 N–H and O–H groups in total. The van der Waals surface area contributed by atoms with Crippen LogP contribution in [0, 0.1) is 6.92 Å². The quantitative estimate of drug-likeness (QED) is 0.862. The van der Waals surface area contributed by atoms with Crippen LogP contribution in [0.4, 0.5) is 0 Å². The predicted octanol–water partition coefficient (Wildman–Crippen LogP) is 1.53. The average Bonchev–Trinajstić information content (AvgIpc) is 2.39. The second kappa shape index (κ2) is 5.17. The molecular formula is C14H21NO2. The summed E-state index contributed by atoms with van der Waals surface area (Å²) < 4.78 is 5.38. The van der Waals surface area contributed by atoms with Crippen LogP contribution < -0.4 is 0 Å². The summed E-state index contributed by atoms with van der Waals surface area (Å²) in [7, 11) is 0. The highest BCUT2D eigenvalue weighted by atomic mass is 16.5. The van der Waals surface area contributed by atoms with E-state index in [0.717, 1.165) is 26.3 Å². The molecule has 1 heterocycles. The van der Waals surface area contributed by atoms with Gasteiger partial charge in [0.15, 0.2) is 0 Å². The summed E-state index contributed by atoms with van der Waals surface area (Å²) in [6.07, 6.45) is 0. The van der Waals surface area contributed by atoms with E-state index in [1.54, 1.807) is 0 Å². The van der Waals surface area contributed by atoms with Gasteiger partial charge in [-0.1, -0.05) is 24.3 Å². The summed E-state index contributed by atoms with van der Waals surface area (Å²) >= 11 is 0. The standard InChI is InChI=1S/C14H21NO2/c1-12-5-3-4-6-13(12)14(2,11-16)15-7-9-17-10-8-15/h3-6,16H,7-11H2,1-2H3. The number of aliphatic hydroxyl groups excluding tert-OH is 1. The molecule has 1 aromatic rings. The molecule has 1 atom stereocenters. The highest BCUT2D eigenvalue weighted by Crippen LogP contribution is 2.30. The monoisotopic (exact) mass is 235 g/mol. The average molecular weight is 235 g/mol. The summed E-state index contributed by atoms with van der Waals surface area (Å²) in [6.45, 7) is 7.61. The van der Waals surface area contributed by atoms with Crippen LogP contribution in [0.25, 0.3) is 0 Å². The minimum Gasteiger partial charge on any atom is -0.394 e. The number of aryl methyl sites for hydroxylation is 1. The third-order valence-corrected chi connectivity index (χ3v) is 3.74. The molecule has 1 saturated heterocycles. The Labute approximate surface area is 103 Å². The van der Waals surface area contributed by atoms with Gasteiger partial charge in [0.25, 0.3) is 0 Å². The zero-order valence-corrected chi connectivity index (χ0v) is 10.6. The summed E-state index contributed by atoms with van der Waals surface area (Å²) in [5.41, 5.74) is 2.15. The van der Waals surface area contributed by atoms with Gasteiger partial charge in [-0.3, -0.25) is 4.90 Å². The molecule has 94 valence electrons. The first-order valence-electron chi connectivity index (χ1n) is 6.18. The zero-order valence-electron chi connectivity index (χ0n) is 10.6. The molecule has 0 saturated carbocycles. The van der Waals surface area contributed by atoms with Crippen molar-refractivity contribution < 1.29 is 9.84 Å². The number of morpholine rings is 1. The van der Waals surface area contributed by atoms with Gasteiger partial charge >= 0.3 is 0 Å². The number of rotatable bonds is 3. The van der Waals surface area contributed by atoms with Gasteiger partial charge in [-0.25, -0.2) is 0 Å². The Bertz CT molecular complexity index is 374. The minimum atomic E-state index is -0.297. The van der Waals surface area contributed by atoms with Crippen LogP contribution in [-0.4, -0.2) is 42.9 Å². The van der Waals surface area contributed by atoms with E-state index in [9.17, 15) is 5.11 Å². The molecule has 0 bridgehead atoms. The van der Waals surface area contributed by atoms with Gasteiger partial charge in [-0.05, 0) is 25.0 Å². The molecule has 0 radical (unpaired) electrons. The molecule has 1 aliphatic heterocycles. The second-order valence-electron chi connectivity index (χ2n) is 4.85. The highest BCUT2D eigenvalue weighted by molar-refractivity contribution is 5.32. The van der Waals surface area contributed by atoms with Crippen LogP contribution >= 0.6 is 0 Å². The van der Waals surface area contributed by atoms with Crippen LogP contribution in [-0.2, 0) is 10.3 Å². The van der Waals surface area contributed by atoms with Crippen molar-refractivity contribution in [3.8, 4) is 0 Å². The molecule has 1 fully saturated rings. The Hall–Kier alpha value is -0.900. The summed E-state index contributed by atoms with van der Waals surface area (Å²) in [4.78, 5) is 2.32. The first kappa shape index (κ1) is 12.6. The van der Waals surface area contributed by atoms with Crippen LogP contribution in [0.3, 0.4) is 0 Å². The van der Waals surface area contributed by atoms with Crippen LogP contribution in [0.15, 0.2) is 24.3 Å². The fraction of sp³-hybridized carbons (Fsp3) is 0.571. The maximum absolute atomic E-state index is 9.83. The number of benzene rings is 1. The van der Waals surface area contributed by atoms with Crippen molar-refractivity contribution in [2.75, 3.05) is 32.9 Å². The van der Waals surface area contributed by atoms with E-state index < -0.39 is 0 Å². The van der Waals surface area contributed by atoms with E-state index in [0.29, 0.717) is 0 Å². The lowest BCUT2D eigenvalue weighted by atomic mass is 9.87. The maximum atomic E-state index is 9.83. The molecule has 1 aliphatic rings. The largest absolute Gasteiger partial charge is 0.394 e. The summed E-state index contributed by atoms with van der Waals surface area (Å²) in [5, 5.41) is 9.83. The van der Waals surface area contributed by atoms with Crippen molar-refractivity contribution in [3.05, 3.63) is 35.4 Å². The van der Waals surface area contributed by atoms with E-state index in [1.165, 1.54) is 11.1 Å². The minimum absolute atomic E-state index is 0.137. The molecule has 2 rings (SSSR count). The van der Waals surface area contributed by atoms with E-state index in [1.807, 2.05) is 12.1 Å². The third-order valence-electron chi connectivity index (χ3n) is 3.74. The number of nitrogens with zero attached hydrogens (tertiary/aromatic N) is 1. The van der Waals surface area contributed by atoms with Gasteiger partial charge in [-0.15, -0.1) is 0 Å². The van der Waals surface area contributed by atoms with E-state index >= 15 is 0 Å². The lowest BCUT2D eigenvalue weighted by Gasteiger charge is -2.43. The molecule has 0 aliphatic carbocycles. The Morgan fingerprint density at radius 1 is 1.29 bits per heavy atom. The summed E-state index contributed by atoms with van der Waals surface area (Å²) in [5.74, 6) is 0. The zero-order chi connectivity index (χ0) is 12.3. The van der Waals surface area contributed by atoms with Crippen molar-refractivity contribution in [2.24, 2.45) is 0 Å². The fourth-order valence-electron chi connectivity index (χ4n) is 2.59. The molecule has 1 unspecified atom stereocenters. The second-order valence-corrected chi connectivity index (χ2v) is 4.85. The first-order chi connectivity index (χ1) is 8.18. The fourth-order valence-corrected chi connectivity index (χ4v) is 2.59. The Balaban J connectivity index is 2.32. The number of hydrogen-bond acceptors (Lipinski definition) is 3. The van der Waals surface area contributed by atoms with Gasteiger partial charge in [0.2, 0.25) is 0 Å². The molecular weight excluding hydrogens is 214 g/mol. The molecule has 3 heteroatoms. The normalized spacial score (nSPS) is 21.1. The van der Waals surface area contributed by atoms with Crippen molar-refractivity contribution in [1.29, 1.82) is 0 Å². The smallest absolute Gasteiger partial charge is 0.0669 e. The lowest BCUT2D eigenvalue weighted by Crippen LogP contribution is -2.52.